The fraction of sp³-hybridized carbons (Fsp3) is 0.600. The number of aromatic nitrogens is 3. The Kier molecular flexibility index (Phi) is 5.17. The zero-order valence-corrected chi connectivity index (χ0v) is 14.3. The van der Waals surface area contributed by atoms with Crippen LogP contribution in [-0.4, -0.2) is 51.2 Å². The van der Waals surface area contributed by atoms with Crippen molar-refractivity contribution >= 4 is 11.5 Å². The summed E-state index contributed by atoms with van der Waals surface area (Å²) >= 11 is 0. The van der Waals surface area contributed by atoms with Crippen LogP contribution in [0.2, 0.25) is 0 Å². The van der Waals surface area contributed by atoms with Crippen molar-refractivity contribution in [1.29, 1.82) is 0 Å². The van der Waals surface area contributed by atoms with Gasteiger partial charge in [0.25, 0.3) is 0 Å². The predicted molar refractivity (Wildman–Crippen MR) is 81.3 cm³/mol. The highest BCUT2D eigenvalue weighted by Gasteiger charge is 2.48. The molecular formula is C15H15F7N4O2. The van der Waals surface area contributed by atoms with Gasteiger partial charge in [-0.2, -0.15) is 26.3 Å². The van der Waals surface area contributed by atoms with Crippen LogP contribution in [-0.2, 0) is 10.9 Å². The first-order valence-corrected chi connectivity index (χ1v) is 8.14. The van der Waals surface area contributed by atoms with Crippen molar-refractivity contribution in [2.24, 2.45) is 0 Å². The number of anilines is 1. The zero-order valence-electron chi connectivity index (χ0n) is 14.3. The van der Waals surface area contributed by atoms with E-state index in [2.05, 4.69) is 15.4 Å². The second-order valence-electron chi connectivity index (χ2n) is 6.40. The smallest absolute Gasteiger partial charge is 0.389 e. The Hall–Kier alpha value is -2.15. The fourth-order valence-electron chi connectivity index (χ4n) is 2.98. The molecule has 3 rings (SSSR count). The number of aliphatic hydroxyl groups excluding tert-OH is 1. The van der Waals surface area contributed by atoms with Gasteiger partial charge in [-0.05, 0) is 13.3 Å². The average Bonchev–Trinajstić information content (AvgIpc) is 2.87. The average molecular weight is 416 g/mol. The molecule has 6 nitrogen and oxygen atoms in total. The summed E-state index contributed by atoms with van der Waals surface area (Å²) in [7, 11) is 0. The first-order valence-electron chi connectivity index (χ1n) is 8.14. The van der Waals surface area contributed by atoms with Gasteiger partial charge in [0.15, 0.2) is 5.82 Å². The monoisotopic (exact) mass is 416 g/mol. The summed E-state index contributed by atoms with van der Waals surface area (Å²) in [6, 6.07) is -0.628. The second kappa shape index (κ2) is 7.03. The molecule has 1 saturated heterocycles. The van der Waals surface area contributed by atoms with E-state index in [1.807, 2.05) is 0 Å². The Morgan fingerprint density at radius 2 is 1.96 bits per heavy atom. The molecule has 0 saturated carbocycles. The molecule has 2 aromatic rings. The van der Waals surface area contributed by atoms with Crippen LogP contribution in [0.4, 0.5) is 36.7 Å². The number of fused-ring (bicyclic) bond motifs is 1. The standard InChI is InChI=1S/C15H15F7N4O2/c1-6(14(17,18)19)12-10(15(20,21)22)11(16)8-4-23-13(25-26(8)12)24-7-2-3-28-5-9(7)27/h4,6-7,9,27H,2-3,5H2,1H3,(H,24,25)/t6-,7+,9+/m0/s1. The summed E-state index contributed by atoms with van der Waals surface area (Å²) in [6.07, 6.45) is -10.4. The lowest BCUT2D eigenvalue weighted by atomic mass is 10.0. The molecule has 0 spiro atoms. The summed E-state index contributed by atoms with van der Waals surface area (Å²) < 4.78 is 98.9. The third kappa shape index (κ3) is 3.72. The summed E-state index contributed by atoms with van der Waals surface area (Å²) in [4.78, 5) is 3.67. The number of ether oxygens (including phenoxy) is 1. The third-order valence-electron chi connectivity index (χ3n) is 4.49. The Morgan fingerprint density at radius 3 is 2.54 bits per heavy atom. The van der Waals surface area contributed by atoms with Gasteiger partial charge in [0.05, 0.1) is 36.6 Å². The lowest BCUT2D eigenvalue weighted by Crippen LogP contribution is -2.42. The lowest BCUT2D eigenvalue weighted by molar-refractivity contribution is -0.155. The maximum atomic E-state index is 14.3. The van der Waals surface area contributed by atoms with Crippen molar-refractivity contribution in [3.8, 4) is 0 Å². The molecule has 0 radical (unpaired) electrons. The summed E-state index contributed by atoms with van der Waals surface area (Å²) in [5, 5.41) is 16.1. The molecule has 3 heterocycles. The van der Waals surface area contributed by atoms with E-state index in [1.165, 1.54) is 0 Å². The van der Waals surface area contributed by atoms with Crippen molar-refractivity contribution in [3.63, 3.8) is 0 Å². The van der Waals surface area contributed by atoms with Crippen molar-refractivity contribution in [1.82, 2.24) is 14.6 Å². The van der Waals surface area contributed by atoms with Crippen LogP contribution in [0.15, 0.2) is 6.20 Å². The normalized spacial score (nSPS) is 22.5. The molecular weight excluding hydrogens is 401 g/mol. The van der Waals surface area contributed by atoms with E-state index in [-0.39, 0.29) is 23.7 Å². The van der Waals surface area contributed by atoms with Crippen LogP contribution in [0.5, 0.6) is 0 Å². The molecule has 0 unspecified atom stereocenters. The van der Waals surface area contributed by atoms with Gasteiger partial charge in [0, 0.05) is 6.61 Å². The highest BCUT2D eigenvalue weighted by Crippen LogP contribution is 2.44. The maximum Gasteiger partial charge on any atom is 0.421 e. The SMILES string of the molecule is C[C@@H](c1c(C(F)(F)F)c(F)c2cnc(N[C@@H]3CCOC[C@H]3O)nn12)C(F)(F)F. The molecule has 2 N–H and O–H groups in total. The molecule has 0 amide bonds. The minimum atomic E-state index is -5.36. The number of hydrogen-bond donors (Lipinski definition) is 2. The topological polar surface area (TPSA) is 71.7 Å². The van der Waals surface area contributed by atoms with E-state index in [4.69, 9.17) is 4.74 Å². The second-order valence-corrected chi connectivity index (χ2v) is 6.40. The Labute approximate surface area is 153 Å². The van der Waals surface area contributed by atoms with Gasteiger partial charge in [-0.1, -0.05) is 0 Å². The van der Waals surface area contributed by atoms with Crippen LogP contribution in [0.1, 0.15) is 30.5 Å². The Morgan fingerprint density at radius 1 is 1.29 bits per heavy atom. The fourth-order valence-corrected chi connectivity index (χ4v) is 2.98. The summed E-state index contributed by atoms with van der Waals surface area (Å²) in [5.41, 5.74) is -4.24. The number of alkyl halides is 6. The highest BCUT2D eigenvalue weighted by molar-refractivity contribution is 5.56. The quantitative estimate of drug-likeness (QED) is 0.753. The number of nitrogens with one attached hydrogen (secondary N) is 1. The van der Waals surface area contributed by atoms with Crippen molar-refractivity contribution in [3.05, 3.63) is 23.3 Å². The summed E-state index contributed by atoms with van der Waals surface area (Å²) in [5.74, 6) is -4.87. The van der Waals surface area contributed by atoms with Crippen LogP contribution in [0.3, 0.4) is 0 Å². The van der Waals surface area contributed by atoms with Gasteiger partial charge in [-0.25, -0.2) is 13.9 Å². The van der Waals surface area contributed by atoms with E-state index in [1.54, 1.807) is 0 Å². The van der Waals surface area contributed by atoms with E-state index in [9.17, 15) is 35.8 Å². The van der Waals surface area contributed by atoms with E-state index < -0.39 is 53.0 Å². The maximum absolute atomic E-state index is 14.3. The zero-order chi connectivity index (χ0) is 20.9. The van der Waals surface area contributed by atoms with Gasteiger partial charge in [-0.3, -0.25) is 0 Å². The molecule has 3 atom stereocenters. The molecule has 13 heteroatoms. The first kappa shape index (κ1) is 20.6. The molecule has 156 valence electrons. The largest absolute Gasteiger partial charge is 0.421 e. The third-order valence-corrected chi connectivity index (χ3v) is 4.49. The van der Waals surface area contributed by atoms with Crippen molar-refractivity contribution in [2.45, 2.75) is 43.8 Å². The Bertz CT molecular complexity index is 865. The minimum Gasteiger partial charge on any atom is -0.389 e. The molecule has 1 fully saturated rings. The molecule has 1 aliphatic heterocycles. The molecule has 28 heavy (non-hydrogen) atoms. The summed E-state index contributed by atoms with van der Waals surface area (Å²) in [6.45, 7) is 0.768. The van der Waals surface area contributed by atoms with Gasteiger partial charge in [0.1, 0.15) is 11.1 Å². The molecule has 1 aliphatic rings. The Balaban J connectivity index is 2.13. The molecule has 0 aromatic carbocycles. The number of hydrogen-bond acceptors (Lipinski definition) is 5. The molecule has 0 aliphatic carbocycles. The van der Waals surface area contributed by atoms with Crippen LogP contribution in [0, 0.1) is 5.82 Å². The highest BCUT2D eigenvalue weighted by atomic mass is 19.4. The van der Waals surface area contributed by atoms with Gasteiger partial charge in [-0.15, -0.1) is 5.10 Å². The van der Waals surface area contributed by atoms with Crippen molar-refractivity contribution < 1.29 is 40.6 Å². The number of nitrogens with zero attached hydrogens (tertiary/aromatic N) is 3. The number of halogens is 7. The van der Waals surface area contributed by atoms with Gasteiger partial charge in [0.2, 0.25) is 5.95 Å². The lowest BCUT2D eigenvalue weighted by Gasteiger charge is -2.28. The number of rotatable bonds is 3. The van der Waals surface area contributed by atoms with Crippen LogP contribution in [0.25, 0.3) is 5.52 Å². The number of aliphatic hydroxyl groups is 1. The van der Waals surface area contributed by atoms with Crippen LogP contribution >= 0.6 is 0 Å². The minimum absolute atomic E-state index is 0.00730. The van der Waals surface area contributed by atoms with Crippen LogP contribution < -0.4 is 5.32 Å². The molecule has 2 aromatic heterocycles. The van der Waals surface area contributed by atoms with E-state index >= 15 is 0 Å². The van der Waals surface area contributed by atoms with Crippen molar-refractivity contribution in [2.75, 3.05) is 18.5 Å². The predicted octanol–water partition coefficient (Wildman–Crippen LogP) is 3.11. The van der Waals surface area contributed by atoms with Gasteiger partial charge < -0.3 is 15.2 Å². The van der Waals surface area contributed by atoms with Gasteiger partial charge >= 0.3 is 12.4 Å². The van der Waals surface area contributed by atoms with E-state index in [0.717, 1.165) is 0 Å². The molecule has 0 bridgehead atoms. The first-order chi connectivity index (χ1) is 12.9. The van der Waals surface area contributed by atoms with E-state index in [0.29, 0.717) is 19.5 Å².